The first-order chi connectivity index (χ1) is 11.7. The molecule has 0 bridgehead atoms. The van der Waals surface area contributed by atoms with Crippen molar-refractivity contribution in [3.8, 4) is 0 Å². The smallest absolute Gasteiger partial charge is 0.221 e. The van der Waals surface area contributed by atoms with Crippen molar-refractivity contribution in [2.75, 3.05) is 26.3 Å². The van der Waals surface area contributed by atoms with Gasteiger partial charge in [0.15, 0.2) is 0 Å². The van der Waals surface area contributed by atoms with Crippen LogP contribution in [0.25, 0.3) is 0 Å². The number of nitrogens with one attached hydrogen (secondary N) is 2. The van der Waals surface area contributed by atoms with Crippen LogP contribution in [0.15, 0.2) is 24.3 Å². The van der Waals surface area contributed by atoms with Gasteiger partial charge < -0.3 is 15.4 Å². The van der Waals surface area contributed by atoms with Crippen molar-refractivity contribution in [2.24, 2.45) is 0 Å². The van der Waals surface area contributed by atoms with Crippen molar-refractivity contribution in [3.05, 3.63) is 35.6 Å². The Morgan fingerprint density at radius 3 is 2.67 bits per heavy atom. The second-order valence-corrected chi connectivity index (χ2v) is 7.05. The molecule has 132 valence electrons. The molecule has 2 aliphatic rings. The Hall–Kier alpha value is -1.46. The third-order valence-electron chi connectivity index (χ3n) is 5.32. The van der Waals surface area contributed by atoms with Gasteiger partial charge >= 0.3 is 0 Å². The fraction of sp³-hybridized carbons (Fsp3) is 0.632. The van der Waals surface area contributed by atoms with Gasteiger partial charge in [-0.1, -0.05) is 31.4 Å². The van der Waals surface area contributed by atoms with Crippen molar-refractivity contribution in [2.45, 2.75) is 50.0 Å². The molecule has 0 radical (unpaired) electrons. The van der Waals surface area contributed by atoms with Crippen LogP contribution >= 0.6 is 0 Å². The van der Waals surface area contributed by atoms with Crippen LogP contribution < -0.4 is 10.6 Å². The molecule has 1 saturated heterocycles. The molecule has 1 aromatic carbocycles. The van der Waals surface area contributed by atoms with E-state index in [-0.39, 0.29) is 23.2 Å². The summed E-state index contributed by atoms with van der Waals surface area (Å²) in [4.78, 5) is 12.3. The molecule has 4 nitrogen and oxygen atoms in total. The third kappa shape index (κ3) is 4.33. The molecule has 2 fully saturated rings. The molecule has 1 unspecified atom stereocenters. The van der Waals surface area contributed by atoms with Gasteiger partial charge in [-0.3, -0.25) is 4.79 Å². The zero-order valence-corrected chi connectivity index (χ0v) is 14.2. The Kier molecular flexibility index (Phi) is 5.85. The van der Waals surface area contributed by atoms with Crippen molar-refractivity contribution in [1.29, 1.82) is 0 Å². The van der Waals surface area contributed by atoms with Gasteiger partial charge in [0.1, 0.15) is 5.82 Å². The Balaban J connectivity index is 1.61. The minimum absolute atomic E-state index is 0.0574. The summed E-state index contributed by atoms with van der Waals surface area (Å²) in [6.07, 6.45) is 6.09. The van der Waals surface area contributed by atoms with Gasteiger partial charge in [0, 0.05) is 31.0 Å². The largest absolute Gasteiger partial charge is 0.378 e. The second-order valence-electron chi connectivity index (χ2n) is 7.05. The lowest BCUT2D eigenvalue weighted by molar-refractivity contribution is -0.122. The molecule has 1 saturated carbocycles. The fourth-order valence-corrected chi connectivity index (χ4v) is 3.91. The highest BCUT2D eigenvalue weighted by atomic mass is 19.1. The van der Waals surface area contributed by atoms with Crippen molar-refractivity contribution < 1.29 is 13.9 Å². The average Bonchev–Trinajstić information content (AvgIpc) is 2.62. The van der Waals surface area contributed by atoms with Gasteiger partial charge in [-0.2, -0.15) is 0 Å². The SMILES string of the molecule is O=C(CC1COCCN1)NCC1(c2ccc(F)cc2)CCCCC1. The molecule has 5 heteroatoms. The lowest BCUT2D eigenvalue weighted by Gasteiger charge is -2.38. The zero-order chi connectivity index (χ0) is 16.8. The molecular formula is C19H27FN2O2. The van der Waals surface area contributed by atoms with E-state index in [0.717, 1.165) is 37.8 Å². The van der Waals surface area contributed by atoms with Crippen LogP contribution in [0.1, 0.15) is 44.1 Å². The molecule has 1 amide bonds. The Morgan fingerprint density at radius 1 is 1.25 bits per heavy atom. The van der Waals surface area contributed by atoms with E-state index in [4.69, 9.17) is 4.74 Å². The normalized spacial score (nSPS) is 23.6. The standard InChI is InChI=1S/C19H27FN2O2/c20-16-6-4-15(5-7-16)19(8-2-1-3-9-19)14-22-18(23)12-17-13-24-11-10-21-17/h4-7,17,21H,1-3,8-14H2,(H,22,23). The summed E-state index contributed by atoms with van der Waals surface area (Å²) >= 11 is 0. The number of amides is 1. The van der Waals surface area contributed by atoms with Crippen LogP contribution in [0.3, 0.4) is 0 Å². The number of halogens is 1. The van der Waals surface area contributed by atoms with Crippen LogP contribution in [0.2, 0.25) is 0 Å². The number of hydrogen-bond acceptors (Lipinski definition) is 3. The zero-order valence-electron chi connectivity index (χ0n) is 14.2. The van der Waals surface area contributed by atoms with E-state index in [1.54, 1.807) is 0 Å². The molecule has 1 aliphatic heterocycles. The van der Waals surface area contributed by atoms with Gasteiger partial charge in [-0.15, -0.1) is 0 Å². The lowest BCUT2D eigenvalue weighted by atomic mass is 9.69. The van der Waals surface area contributed by atoms with Gasteiger partial charge in [-0.25, -0.2) is 4.39 Å². The number of rotatable bonds is 5. The van der Waals surface area contributed by atoms with E-state index < -0.39 is 0 Å². The van der Waals surface area contributed by atoms with Crippen LogP contribution in [-0.4, -0.2) is 38.3 Å². The highest BCUT2D eigenvalue weighted by Gasteiger charge is 2.34. The molecule has 3 rings (SSSR count). The van der Waals surface area contributed by atoms with E-state index in [9.17, 15) is 9.18 Å². The summed E-state index contributed by atoms with van der Waals surface area (Å²) in [5.74, 6) is -0.151. The van der Waals surface area contributed by atoms with Gasteiger partial charge in [0.05, 0.1) is 13.2 Å². The molecule has 1 aromatic rings. The summed E-state index contributed by atoms with van der Waals surface area (Å²) in [7, 11) is 0. The lowest BCUT2D eigenvalue weighted by Crippen LogP contribution is -2.47. The molecule has 0 spiro atoms. The molecule has 24 heavy (non-hydrogen) atoms. The summed E-state index contributed by atoms with van der Waals surface area (Å²) < 4.78 is 18.7. The van der Waals surface area contributed by atoms with Crippen molar-refractivity contribution >= 4 is 5.91 Å². The quantitative estimate of drug-likeness (QED) is 0.870. The Labute approximate surface area is 143 Å². The monoisotopic (exact) mass is 334 g/mol. The first-order valence-electron chi connectivity index (χ1n) is 9.02. The van der Waals surface area contributed by atoms with Crippen LogP contribution in [0, 0.1) is 5.82 Å². The maximum Gasteiger partial charge on any atom is 0.221 e. The second kappa shape index (κ2) is 8.08. The maximum atomic E-state index is 13.3. The number of carbonyl (C=O) groups is 1. The fourth-order valence-electron chi connectivity index (χ4n) is 3.91. The summed E-state index contributed by atoms with van der Waals surface area (Å²) in [5.41, 5.74) is 1.08. The van der Waals surface area contributed by atoms with Crippen LogP contribution in [0.4, 0.5) is 4.39 Å². The van der Waals surface area contributed by atoms with Crippen molar-refractivity contribution in [3.63, 3.8) is 0 Å². The molecule has 0 aromatic heterocycles. The molecular weight excluding hydrogens is 307 g/mol. The van der Waals surface area contributed by atoms with E-state index in [1.807, 2.05) is 12.1 Å². The Bertz CT molecular complexity index is 535. The maximum absolute atomic E-state index is 13.3. The Morgan fingerprint density at radius 2 is 2.00 bits per heavy atom. The highest BCUT2D eigenvalue weighted by Crippen LogP contribution is 2.39. The first-order valence-corrected chi connectivity index (χ1v) is 9.02. The van der Waals surface area contributed by atoms with E-state index >= 15 is 0 Å². The van der Waals surface area contributed by atoms with E-state index in [0.29, 0.717) is 26.2 Å². The van der Waals surface area contributed by atoms with E-state index in [1.165, 1.54) is 18.6 Å². The topological polar surface area (TPSA) is 50.4 Å². The molecule has 1 heterocycles. The third-order valence-corrected chi connectivity index (χ3v) is 5.32. The van der Waals surface area contributed by atoms with Gasteiger partial charge in [0.2, 0.25) is 5.91 Å². The number of benzene rings is 1. The minimum Gasteiger partial charge on any atom is -0.378 e. The number of hydrogen-bond donors (Lipinski definition) is 2. The van der Waals surface area contributed by atoms with Crippen molar-refractivity contribution in [1.82, 2.24) is 10.6 Å². The molecule has 1 atom stereocenters. The highest BCUT2D eigenvalue weighted by molar-refractivity contribution is 5.76. The van der Waals surface area contributed by atoms with Gasteiger partial charge in [-0.05, 0) is 30.5 Å². The van der Waals surface area contributed by atoms with Crippen LogP contribution in [-0.2, 0) is 14.9 Å². The summed E-state index contributed by atoms with van der Waals surface area (Å²) in [6, 6.07) is 6.91. The predicted octanol–water partition coefficient (Wildman–Crippen LogP) is 2.52. The number of carbonyl (C=O) groups excluding carboxylic acids is 1. The first kappa shape index (κ1) is 17.4. The average molecular weight is 334 g/mol. The molecule has 1 aliphatic carbocycles. The summed E-state index contributed by atoms with van der Waals surface area (Å²) in [5, 5.41) is 6.43. The van der Waals surface area contributed by atoms with Crippen LogP contribution in [0.5, 0.6) is 0 Å². The number of ether oxygens (including phenoxy) is 1. The minimum atomic E-state index is -0.211. The summed E-state index contributed by atoms with van der Waals surface area (Å²) in [6.45, 7) is 2.74. The van der Waals surface area contributed by atoms with Gasteiger partial charge in [0.25, 0.3) is 0 Å². The van der Waals surface area contributed by atoms with E-state index in [2.05, 4.69) is 10.6 Å². The predicted molar refractivity (Wildman–Crippen MR) is 91.4 cm³/mol. The molecule has 2 N–H and O–H groups in total. The number of morpholine rings is 1.